The van der Waals surface area contributed by atoms with Crippen molar-refractivity contribution < 1.29 is 14.7 Å². The number of nitrogens with zero attached hydrogens (tertiary/aromatic N) is 1. The van der Waals surface area contributed by atoms with E-state index in [0.717, 1.165) is 22.5 Å². The Morgan fingerprint density at radius 3 is 2.50 bits per heavy atom. The number of carbonyl (C=O) groups excluding carboxylic acids is 1. The van der Waals surface area contributed by atoms with Crippen LogP contribution in [0.15, 0.2) is 18.2 Å². The molecule has 22 heavy (non-hydrogen) atoms. The Kier molecular flexibility index (Phi) is 4.61. The van der Waals surface area contributed by atoms with Crippen LogP contribution in [-0.4, -0.2) is 22.0 Å². The van der Waals surface area contributed by atoms with E-state index in [2.05, 4.69) is 10.3 Å². The highest BCUT2D eigenvalue weighted by atomic mass is 32.1. The van der Waals surface area contributed by atoms with Crippen molar-refractivity contribution >= 4 is 23.2 Å². The monoisotopic (exact) mass is 318 g/mol. The molecule has 0 bridgehead atoms. The van der Waals surface area contributed by atoms with E-state index in [0.29, 0.717) is 16.3 Å². The number of carboxylic acid groups (broad SMARTS) is 1. The van der Waals surface area contributed by atoms with Gasteiger partial charge < -0.3 is 10.4 Å². The topological polar surface area (TPSA) is 79.3 Å². The van der Waals surface area contributed by atoms with Crippen molar-refractivity contribution in [2.45, 2.75) is 33.7 Å². The lowest BCUT2D eigenvalue weighted by molar-refractivity contribution is 0.0701. The van der Waals surface area contributed by atoms with Crippen molar-refractivity contribution in [2.24, 2.45) is 0 Å². The number of aryl methyl sites for hydroxylation is 3. The molecule has 0 aliphatic rings. The van der Waals surface area contributed by atoms with Gasteiger partial charge in [0.05, 0.1) is 11.7 Å². The minimum atomic E-state index is -0.992. The highest BCUT2D eigenvalue weighted by Gasteiger charge is 2.20. The van der Waals surface area contributed by atoms with Gasteiger partial charge >= 0.3 is 5.97 Å². The number of hydrogen-bond acceptors (Lipinski definition) is 4. The number of thiazole rings is 1. The van der Waals surface area contributed by atoms with Crippen molar-refractivity contribution in [3.05, 3.63) is 50.5 Å². The van der Waals surface area contributed by atoms with Crippen LogP contribution in [0.4, 0.5) is 0 Å². The molecule has 0 radical (unpaired) electrons. The smallest absolute Gasteiger partial charge is 0.347 e. The van der Waals surface area contributed by atoms with E-state index < -0.39 is 5.97 Å². The van der Waals surface area contributed by atoms with E-state index in [1.54, 1.807) is 19.9 Å². The van der Waals surface area contributed by atoms with Crippen LogP contribution in [0.5, 0.6) is 0 Å². The third kappa shape index (κ3) is 3.33. The molecule has 0 spiro atoms. The molecule has 0 aliphatic heterocycles. The van der Waals surface area contributed by atoms with E-state index in [-0.39, 0.29) is 16.8 Å². The number of carbonyl (C=O) groups is 2. The standard InChI is InChI=1S/C16H18N2O3S/c1-8-5-6-12(9(2)7-8)14(19)17-11(4)15-18-10(3)13(22-15)16(20)21/h5-7,11H,1-4H3,(H,17,19)(H,20,21). The molecule has 2 N–H and O–H groups in total. The van der Waals surface area contributed by atoms with Crippen LogP contribution in [0.1, 0.15) is 54.8 Å². The van der Waals surface area contributed by atoms with Crippen LogP contribution in [0.3, 0.4) is 0 Å². The summed E-state index contributed by atoms with van der Waals surface area (Å²) in [5.74, 6) is -1.18. The fourth-order valence-corrected chi connectivity index (χ4v) is 3.11. The summed E-state index contributed by atoms with van der Waals surface area (Å²) in [4.78, 5) is 27.8. The maximum Gasteiger partial charge on any atom is 0.347 e. The second kappa shape index (κ2) is 6.27. The first kappa shape index (κ1) is 16.2. The first-order valence-corrected chi connectivity index (χ1v) is 7.70. The van der Waals surface area contributed by atoms with E-state index in [9.17, 15) is 9.59 Å². The molecule has 1 heterocycles. The summed E-state index contributed by atoms with van der Waals surface area (Å²) in [5, 5.41) is 12.5. The van der Waals surface area contributed by atoms with Gasteiger partial charge in [-0.25, -0.2) is 9.78 Å². The highest BCUT2D eigenvalue weighted by Crippen LogP contribution is 2.24. The first-order valence-electron chi connectivity index (χ1n) is 6.88. The second-order valence-corrected chi connectivity index (χ2v) is 6.32. The molecule has 1 aromatic heterocycles. The number of amides is 1. The third-order valence-electron chi connectivity index (χ3n) is 3.35. The van der Waals surface area contributed by atoms with Crippen molar-refractivity contribution in [3.63, 3.8) is 0 Å². The van der Waals surface area contributed by atoms with Gasteiger partial charge in [-0.3, -0.25) is 4.79 Å². The minimum absolute atomic E-state index is 0.185. The van der Waals surface area contributed by atoms with E-state index in [4.69, 9.17) is 5.11 Å². The number of aromatic carboxylic acids is 1. The summed E-state index contributed by atoms with van der Waals surface area (Å²) in [7, 11) is 0. The summed E-state index contributed by atoms with van der Waals surface area (Å²) in [6, 6.07) is 5.30. The van der Waals surface area contributed by atoms with Gasteiger partial charge in [-0.05, 0) is 39.3 Å². The Morgan fingerprint density at radius 2 is 1.95 bits per heavy atom. The average Bonchev–Trinajstić information content (AvgIpc) is 2.80. The largest absolute Gasteiger partial charge is 0.477 e. The molecule has 116 valence electrons. The predicted molar refractivity (Wildman–Crippen MR) is 85.6 cm³/mol. The fourth-order valence-electron chi connectivity index (χ4n) is 2.21. The fraction of sp³-hybridized carbons (Fsp3) is 0.312. The number of hydrogen-bond donors (Lipinski definition) is 2. The van der Waals surface area contributed by atoms with Crippen molar-refractivity contribution in [1.29, 1.82) is 0 Å². The van der Waals surface area contributed by atoms with Gasteiger partial charge in [0, 0.05) is 5.56 Å². The number of benzene rings is 1. The predicted octanol–water partition coefficient (Wildman–Crippen LogP) is 3.26. The maximum atomic E-state index is 12.3. The zero-order valence-electron chi connectivity index (χ0n) is 12.9. The van der Waals surface area contributed by atoms with Crippen LogP contribution in [0.25, 0.3) is 0 Å². The van der Waals surface area contributed by atoms with Crippen molar-refractivity contribution in [3.8, 4) is 0 Å². The number of aromatic nitrogens is 1. The zero-order valence-corrected chi connectivity index (χ0v) is 13.7. The molecule has 0 saturated carbocycles. The SMILES string of the molecule is Cc1ccc(C(=O)NC(C)c2nc(C)c(C(=O)O)s2)c(C)c1. The molecule has 0 fully saturated rings. The number of rotatable bonds is 4. The average molecular weight is 318 g/mol. The molecule has 1 atom stereocenters. The Morgan fingerprint density at radius 1 is 1.27 bits per heavy atom. The lowest BCUT2D eigenvalue weighted by Crippen LogP contribution is -2.27. The van der Waals surface area contributed by atoms with E-state index >= 15 is 0 Å². The molecule has 6 heteroatoms. The molecule has 0 aliphatic carbocycles. The Hall–Kier alpha value is -2.21. The molecule has 1 unspecified atom stereocenters. The maximum absolute atomic E-state index is 12.3. The first-order chi connectivity index (χ1) is 10.3. The van der Waals surface area contributed by atoms with E-state index in [1.165, 1.54) is 0 Å². The molecule has 2 rings (SSSR count). The number of carboxylic acids is 1. The Balaban J connectivity index is 2.17. The molecule has 1 amide bonds. The Bertz CT molecular complexity index is 737. The van der Waals surface area contributed by atoms with Gasteiger partial charge in [-0.1, -0.05) is 17.7 Å². The quantitative estimate of drug-likeness (QED) is 0.907. The molecular formula is C16H18N2O3S. The van der Waals surface area contributed by atoms with Crippen LogP contribution < -0.4 is 5.32 Å². The highest BCUT2D eigenvalue weighted by molar-refractivity contribution is 7.13. The molecule has 1 aromatic carbocycles. The van der Waals surface area contributed by atoms with Crippen LogP contribution in [0.2, 0.25) is 0 Å². The van der Waals surface area contributed by atoms with Gasteiger partial charge in [0.2, 0.25) is 0 Å². The zero-order chi connectivity index (χ0) is 16.4. The van der Waals surface area contributed by atoms with Crippen LogP contribution >= 0.6 is 11.3 Å². The van der Waals surface area contributed by atoms with Gasteiger partial charge in [0.15, 0.2) is 0 Å². The van der Waals surface area contributed by atoms with Crippen LogP contribution in [0, 0.1) is 20.8 Å². The van der Waals surface area contributed by atoms with Gasteiger partial charge in [-0.2, -0.15) is 0 Å². The van der Waals surface area contributed by atoms with E-state index in [1.807, 2.05) is 26.0 Å². The summed E-state index contributed by atoms with van der Waals surface area (Å²) >= 11 is 1.09. The summed E-state index contributed by atoms with van der Waals surface area (Å²) in [6.07, 6.45) is 0. The van der Waals surface area contributed by atoms with Crippen LogP contribution in [-0.2, 0) is 0 Å². The van der Waals surface area contributed by atoms with Gasteiger partial charge in [0.25, 0.3) is 5.91 Å². The third-order valence-corrected chi connectivity index (χ3v) is 4.68. The molecule has 0 saturated heterocycles. The van der Waals surface area contributed by atoms with Gasteiger partial charge in [-0.15, -0.1) is 11.3 Å². The summed E-state index contributed by atoms with van der Waals surface area (Å²) in [6.45, 7) is 7.32. The minimum Gasteiger partial charge on any atom is -0.477 e. The normalized spacial score (nSPS) is 12.0. The van der Waals surface area contributed by atoms with Gasteiger partial charge in [0.1, 0.15) is 9.88 Å². The molecule has 2 aromatic rings. The second-order valence-electron chi connectivity index (χ2n) is 5.29. The summed E-state index contributed by atoms with van der Waals surface area (Å²) < 4.78 is 0. The summed E-state index contributed by atoms with van der Waals surface area (Å²) in [5.41, 5.74) is 3.10. The lowest BCUT2D eigenvalue weighted by Gasteiger charge is -2.13. The van der Waals surface area contributed by atoms with Crippen molar-refractivity contribution in [2.75, 3.05) is 0 Å². The van der Waals surface area contributed by atoms with Crippen molar-refractivity contribution in [1.82, 2.24) is 10.3 Å². The number of nitrogens with one attached hydrogen (secondary N) is 1. The Labute approximate surface area is 133 Å². The lowest BCUT2D eigenvalue weighted by atomic mass is 10.1. The molecular weight excluding hydrogens is 300 g/mol. The molecule has 5 nitrogen and oxygen atoms in total.